The molecule has 0 bridgehead atoms. The number of amides is 2. The maximum absolute atomic E-state index is 13.8. The first-order valence-electron chi connectivity index (χ1n) is 18.7. The van der Waals surface area contributed by atoms with Crippen molar-refractivity contribution in [3.05, 3.63) is 65.4 Å². The van der Waals surface area contributed by atoms with Gasteiger partial charge in [0.15, 0.2) is 0 Å². The Balaban J connectivity index is 2.08. The van der Waals surface area contributed by atoms with Crippen molar-refractivity contribution in [1.29, 1.82) is 0 Å². The number of nitrogens with zero attached hydrogens (tertiary/aromatic N) is 2. The zero-order chi connectivity index (χ0) is 38.8. The number of ether oxygens (including phenoxy) is 1. The lowest BCUT2D eigenvalue weighted by molar-refractivity contribution is 0.127. The zero-order valence-electron chi connectivity index (χ0n) is 35.6. The molecule has 1 saturated heterocycles. The van der Waals surface area contributed by atoms with E-state index < -0.39 is 118 Å². The molecule has 0 saturated carbocycles. The molecule has 2 aromatic carbocycles. The number of hydrogen-bond donors (Lipinski definition) is 1. The van der Waals surface area contributed by atoms with Crippen LogP contribution in [0.3, 0.4) is 0 Å². The van der Waals surface area contributed by atoms with Crippen LogP contribution in [0.25, 0.3) is 0 Å². The number of carbonyl (C=O) groups is 1. The standard InChI is InChI=1S/C25H34FN3O2/c1-19(2)18-31-24-10-6-20(7-11-24)16-27-25(30)29(23-12-14-28(3)15-13-23)17-21-4-8-22(26)9-5-21/h4-11,19,23H,12-18H2,1-3H3,(H,27,30)/i1D3,2D3,6D,7D,10D,11D,14D2,15D2,16D2,18D2,19D. The van der Waals surface area contributed by atoms with Crippen molar-refractivity contribution < 1.29 is 40.0 Å². The average molecular weight is 447 g/mol. The number of halogens is 1. The zero-order valence-corrected chi connectivity index (χ0v) is 16.6. The lowest BCUT2D eigenvalue weighted by Crippen LogP contribution is -2.49. The number of likely N-dealkylation sites (tertiary alicyclic amines) is 1. The molecule has 5 nitrogen and oxygen atoms in total. The third kappa shape index (κ3) is 7.24. The molecule has 0 spiro atoms. The third-order valence-corrected chi connectivity index (χ3v) is 4.25. The van der Waals surface area contributed by atoms with Gasteiger partial charge < -0.3 is 19.9 Å². The van der Waals surface area contributed by atoms with Gasteiger partial charge in [0.1, 0.15) is 11.6 Å². The fraction of sp³-hybridized carbons (Fsp3) is 0.480. The molecule has 0 aromatic heterocycles. The highest BCUT2D eigenvalue weighted by atomic mass is 19.1. The molecule has 1 fully saturated rings. The molecule has 168 valence electrons. The summed E-state index contributed by atoms with van der Waals surface area (Å²) in [7, 11) is 1.21. The Hall–Kier alpha value is -2.60. The van der Waals surface area contributed by atoms with Crippen LogP contribution in [0.2, 0.25) is 0 Å². The van der Waals surface area contributed by atoms with Crippen molar-refractivity contribution in [2.45, 2.75) is 45.6 Å². The Labute approximate surface area is 211 Å². The van der Waals surface area contributed by atoms with E-state index in [1.807, 2.05) is 5.32 Å². The van der Waals surface area contributed by atoms with Gasteiger partial charge in [-0.2, -0.15) is 0 Å². The summed E-state index contributed by atoms with van der Waals surface area (Å²) in [4.78, 5) is 15.5. The molecule has 31 heavy (non-hydrogen) atoms. The molecule has 6 heteroatoms. The molecule has 0 radical (unpaired) electrons. The molecule has 0 aliphatic carbocycles. The van der Waals surface area contributed by atoms with Gasteiger partial charge >= 0.3 is 6.03 Å². The minimum atomic E-state index is -4.01. The van der Waals surface area contributed by atoms with E-state index >= 15 is 0 Å². The number of urea groups is 1. The molecule has 3 rings (SSSR count). The number of benzene rings is 2. The number of piperidine rings is 1. The summed E-state index contributed by atoms with van der Waals surface area (Å²) in [6.07, 6.45) is -0.917. The quantitative estimate of drug-likeness (QED) is 0.641. The predicted molar refractivity (Wildman–Crippen MR) is 121 cm³/mol. The summed E-state index contributed by atoms with van der Waals surface area (Å²) >= 11 is 0. The van der Waals surface area contributed by atoms with Crippen LogP contribution in [0.15, 0.2) is 48.4 Å². The van der Waals surface area contributed by atoms with E-state index in [9.17, 15) is 9.18 Å². The van der Waals surface area contributed by atoms with E-state index in [4.69, 9.17) is 30.8 Å². The second-order valence-corrected chi connectivity index (χ2v) is 6.53. The van der Waals surface area contributed by atoms with E-state index in [2.05, 4.69) is 0 Å². The Bertz CT molecular complexity index is 1540. The van der Waals surface area contributed by atoms with E-state index in [-0.39, 0.29) is 5.56 Å². The van der Waals surface area contributed by atoms with E-state index in [1.54, 1.807) is 0 Å². The van der Waals surface area contributed by atoms with Crippen molar-refractivity contribution in [3.8, 4) is 5.75 Å². The van der Waals surface area contributed by atoms with Gasteiger partial charge in [-0.3, -0.25) is 0 Å². The van der Waals surface area contributed by atoms with Gasteiger partial charge in [-0.25, -0.2) is 9.18 Å². The van der Waals surface area contributed by atoms with Gasteiger partial charge in [0.05, 0.1) is 17.5 Å². The van der Waals surface area contributed by atoms with Gasteiger partial charge in [0.2, 0.25) is 0 Å². The molecular weight excluding hydrogens is 393 g/mol. The van der Waals surface area contributed by atoms with Gasteiger partial charge in [0.25, 0.3) is 0 Å². The van der Waals surface area contributed by atoms with Crippen molar-refractivity contribution in [3.63, 3.8) is 0 Å². The molecule has 1 N–H and O–H groups in total. The van der Waals surface area contributed by atoms with Crippen LogP contribution in [-0.4, -0.2) is 48.5 Å². The van der Waals surface area contributed by atoms with Crippen molar-refractivity contribution in [2.24, 2.45) is 5.89 Å². The van der Waals surface area contributed by atoms with Crippen LogP contribution in [0.5, 0.6) is 5.75 Å². The van der Waals surface area contributed by atoms with Crippen LogP contribution < -0.4 is 10.1 Å². The lowest BCUT2D eigenvalue weighted by atomic mass is 10.0. The maximum atomic E-state index is 13.8. The minimum Gasteiger partial charge on any atom is -0.493 e. The average Bonchev–Trinajstić information content (AvgIpc) is 2.94. The highest BCUT2D eigenvalue weighted by molar-refractivity contribution is 5.74. The maximum Gasteiger partial charge on any atom is 0.318 e. The fourth-order valence-corrected chi connectivity index (χ4v) is 2.69. The first kappa shape index (κ1) is 8.74. The lowest BCUT2D eigenvalue weighted by Gasteiger charge is -2.37. The van der Waals surface area contributed by atoms with E-state index in [0.29, 0.717) is 0 Å². The molecule has 1 aliphatic heterocycles. The summed E-state index contributed by atoms with van der Waals surface area (Å²) in [5, 5.41) is 1.92. The topological polar surface area (TPSA) is 44.8 Å². The van der Waals surface area contributed by atoms with Crippen LogP contribution in [0, 0.1) is 11.7 Å². The van der Waals surface area contributed by atoms with Gasteiger partial charge in [-0.1, -0.05) is 37.9 Å². The fourth-order valence-electron chi connectivity index (χ4n) is 2.69. The Morgan fingerprint density at radius 1 is 1.32 bits per heavy atom. The van der Waals surface area contributed by atoms with Crippen LogP contribution in [0.1, 0.15) is 63.7 Å². The van der Waals surface area contributed by atoms with Gasteiger partial charge in [0, 0.05) is 34.2 Å². The second kappa shape index (κ2) is 11.1. The monoisotopic (exact) mass is 446 g/mol. The van der Waals surface area contributed by atoms with E-state index in [0.717, 1.165) is 21.9 Å². The highest BCUT2D eigenvalue weighted by Crippen LogP contribution is 2.19. The summed E-state index contributed by atoms with van der Waals surface area (Å²) in [6, 6.07) is -3.02. The number of nitrogens with one attached hydrogen (secondary N) is 1. The molecule has 1 heterocycles. The molecule has 0 unspecified atom stereocenters. The smallest absolute Gasteiger partial charge is 0.318 e. The molecular formula is C25H34FN3O2. The number of rotatable bonds is 8. The summed E-state index contributed by atoms with van der Waals surface area (Å²) in [5.41, 5.74) is -0.852. The summed E-state index contributed by atoms with van der Waals surface area (Å²) in [5.74, 6) is -5.98. The molecule has 2 aromatic rings. The first-order valence-corrected chi connectivity index (χ1v) is 9.19. The Kier molecular flexibility index (Phi) is 3.14. The Morgan fingerprint density at radius 2 is 2.00 bits per heavy atom. The normalized spacial score (nSPS) is 29.4. The Morgan fingerprint density at radius 3 is 2.65 bits per heavy atom. The van der Waals surface area contributed by atoms with Crippen molar-refractivity contribution in [1.82, 2.24) is 15.1 Å². The van der Waals surface area contributed by atoms with Crippen LogP contribution in [0.4, 0.5) is 9.18 Å². The van der Waals surface area contributed by atoms with E-state index in [1.165, 1.54) is 19.2 Å². The van der Waals surface area contributed by atoms with Gasteiger partial charge in [-0.15, -0.1) is 0 Å². The number of hydrogen-bond acceptors (Lipinski definition) is 3. The van der Waals surface area contributed by atoms with Gasteiger partial charge in [-0.05, 0) is 74.1 Å². The molecule has 0 atom stereocenters. The number of carbonyl (C=O) groups excluding carboxylic acids is 1. The van der Waals surface area contributed by atoms with Crippen LogP contribution in [-0.2, 0) is 13.0 Å². The minimum absolute atomic E-state index is 0.279. The third-order valence-electron chi connectivity index (χ3n) is 4.25. The summed E-state index contributed by atoms with van der Waals surface area (Å²) < 4.78 is 172. The SMILES string of the molecule is [2H]c1c([2H])c(C([2H])([2H])NC(=O)N(Cc2ccc(F)cc2)C2CC([2H])([2H])N(C)C([2H])([2H])C2)c([2H])c([2H])c1OC([2H])([2H])C([2H])(C([2H])([2H])[2H])C([2H])([2H])[2H]. The highest BCUT2D eigenvalue weighted by Gasteiger charge is 2.27. The largest absolute Gasteiger partial charge is 0.493 e. The van der Waals surface area contributed by atoms with Crippen molar-refractivity contribution >= 4 is 6.03 Å². The molecule has 2 amide bonds. The first-order chi connectivity index (χ1) is 22.3. The predicted octanol–water partition coefficient (Wildman–Crippen LogP) is 4.67. The van der Waals surface area contributed by atoms with Crippen LogP contribution >= 0.6 is 0 Å². The second-order valence-electron chi connectivity index (χ2n) is 6.53. The van der Waals surface area contributed by atoms with Crippen molar-refractivity contribution in [2.75, 3.05) is 26.6 Å². The molecule has 1 aliphatic rings. The summed E-state index contributed by atoms with van der Waals surface area (Å²) in [6.45, 7) is -20.1.